The minimum atomic E-state index is -0.361. The lowest BCUT2D eigenvalue weighted by molar-refractivity contribution is -0.120. The van der Waals surface area contributed by atoms with Gasteiger partial charge in [-0.1, -0.05) is 34.8 Å². The first-order valence-electron chi connectivity index (χ1n) is 6.80. The number of thioether (sulfide) groups is 1. The standard InChI is InChI=1S/C16H13Cl3N2O2S/c1-9(24-13-4-2-11(17)3-5-13)16(23)21-20-8-10-6-12(18)7-14(19)15(10)22/h2-9,22H,1H3,(H,21,23)/b20-8-/t9-/m1/s1. The number of nitrogens with zero attached hydrogens (tertiary/aromatic N) is 1. The number of hydrogen-bond acceptors (Lipinski definition) is 4. The average Bonchev–Trinajstić information content (AvgIpc) is 2.53. The van der Waals surface area contributed by atoms with Crippen LogP contribution in [-0.4, -0.2) is 22.5 Å². The van der Waals surface area contributed by atoms with E-state index in [1.807, 2.05) is 12.1 Å². The van der Waals surface area contributed by atoms with Gasteiger partial charge in [-0.15, -0.1) is 11.8 Å². The molecule has 2 aromatic rings. The number of phenolic OH excluding ortho intramolecular Hbond substituents is 1. The molecule has 24 heavy (non-hydrogen) atoms. The Labute approximate surface area is 158 Å². The van der Waals surface area contributed by atoms with Crippen LogP contribution in [0.2, 0.25) is 15.1 Å². The van der Waals surface area contributed by atoms with Crippen LogP contribution >= 0.6 is 46.6 Å². The third-order valence-corrected chi connectivity index (χ3v) is 4.80. The molecule has 126 valence electrons. The molecule has 0 heterocycles. The van der Waals surface area contributed by atoms with Gasteiger partial charge in [0.2, 0.25) is 0 Å². The Balaban J connectivity index is 1.96. The van der Waals surface area contributed by atoms with E-state index in [0.29, 0.717) is 15.6 Å². The molecule has 0 saturated carbocycles. The van der Waals surface area contributed by atoms with Crippen LogP contribution in [0.4, 0.5) is 0 Å². The van der Waals surface area contributed by atoms with Crippen molar-refractivity contribution in [1.29, 1.82) is 0 Å². The molecule has 0 saturated heterocycles. The molecule has 0 fully saturated rings. The Kier molecular flexibility index (Phi) is 6.80. The topological polar surface area (TPSA) is 61.7 Å². The molecule has 0 aromatic heterocycles. The van der Waals surface area contributed by atoms with Crippen molar-refractivity contribution in [3.8, 4) is 5.75 Å². The van der Waals surface area contributed by atoms with Crippen molar-refractivity contribution in [2.75, 3.05) is 0 Å². The van der Waals surface area contributed by atoms with E-state index >= 15 is 0 Å². The van der Waals surface area contributed by atoms with E-state index in [1.54, 1.807) is 19.1 Å². The SMILES string of the molecule is C[C@@H](Sc1ccc(Cl)cc1)C(=O)N/N=C\c1cc(Cl)cc(Cl)c1O. The van der Waals surface area contributed by atoms with Crippen LogP contribution in [0, 0.1) is 0 Å². The predicted octanol–water partition coefficient (Wildman–Crippen LogP) is 4.98. The summed E-state index contributed by atoms with van der Waals surface area (Å²) in [7, 11) is 0. The van der Waals surface area contributed by atoms with E-state index in [1.165, 1.54) is 30.1 Å². The van der Waals surface area contributed by atoms with Gasteiger partial charge in [0.1, 0.15) is 5.75 Å². The maximum Gasteiger partial charge on any atom is 0.253 e. The fraction of sp³-hybridized carbons (Fsp3) is 0.125. The zero-order valence-corrected chi connectivity index (χ0v) is 15.5. The maximum absolute atomic E-state index is 12.0. The molecule has 0 aliphatic carbocycles. The van der Waals surface area contributed by atoms with Crippen LogP contribution in [-0.2, 0) is 4.79 Å². The van der Waals surface area contributed by atoms with Crippen LogP contribution in [0.3, 0.4) is 0 Å². The summed E-state index contributed by atoms with van der Waals surface area (Å²) in [5, 5.41) is 14.4. The Bertz CT molecular complexity index is 767. The van der Waals surface area contributed by atoms with Gasteiger partial charge in [0, 0.05) is 20.5 Å². The number of rotatable bonds is 5. The third-order valence-electron chi connectivity index (χ3n) is 2.93. The molecule has 0 aliphatic rings. The van der Waals surface area contributed by atoms with Gasteiger partial charge in [-0.3, -0.25) is 4.79 Å². The highest BCUT2D eigenvalue weighted by Gasteiger charge is 2.14. The zero-order valence-electron chi connectivity index (χ0n) is 12.5. The molecule has 0 radical (unpaired) electrons. The van der Waals surface area contributed by atoms with Crippen molar-refractivity contribution in [1.82, 2.24) is 5.43 Å². The minimum absolute atomic E-state index is 0.113. The summed E-state index contributed by atoms with van der Waals surface area (Å²) in [6, 6.07) is 10.1. The van der Waals surface area contributed by atoms with E-state index in [0.717, 1.165) is 4.90 Å². The number of amides is 1. The number of carbonyl (C=O) groups excluding carboxylic acids is 1. The average molecular weight is 404 g/mol. The Morgan fingerprint density at radius 2 is 1.88 bits per heavy atom. The van der Waals surface area contributed by atoms with Crippen LogP contribution in [0.1, 0.15) is 12.5 Å². The molecule has 2 aromatic carbocycles. The molecule has 0 bridgehead atoms. The van der Waals surface area contributed by atoms with Gasteiger partial charge in [0.25, 0.3) is 5.91 Å². The predicted molar refractivity (Wildman–Crippen MR) is 101 cm³/mol. The second kappa shape index (κ2) is 8.62. The molecule has 2 rings (SSSR count). The lowest BCUT2D eigenvalue weighted by Crippen LogP contribution is -2.26. The fourth-order valence-electron chi connectivity index (χ4n) is 1.71. The number of phenols is 1. The van der Waals surface area contributed by atoms with Crippen molar-refractivity contribution >= 4 is 58.7 Å². The van der Waals surface area contributed by atoms with Crippen molar-refractivity contribution in [3.63, 3.8) is 0 Å². The minimum Gasteiger partial charge on any atom is -0.506 e. The number of halogens is 3. The second-order valence-corrected chi connectivity index (χ2v) is 7.47. The van der Waals surface area contributed by atoms with Gasteiger partial charge in [0.15, 0.2) is 0 Å². The molecule has 1 amide bonds. The van der Waals surface area contributed by atoms with E-state index in [2.05, 4.69) is 10.5 Å². The van der Waals surface area contributed by atoms with Crippen molar-refractivity contribution in [3.05, 3.63) is 57.0 Å². The number of benzene rings is 2. The van der Waals surface area contributed by atoms with E-state index in [-0.39, 0.29) is 21.9 Å². The summed E-state index contributed by atoms with van der Waals surface area (Å²) in [6.45, 7) is 1.76. The van der Waals surface area contributed by atoms with Gasteiger partial charge in [-0.25, -0.2) is 5.43 Å². The molecule has 0 unspecified atom stereocenters. The molecular weight excluding hydrogens is 391 g/mol. The van der Waals surface area contributed by atoms with Crippen LogP contribution in [0.15, 0.2) is 46.4 Å². The largest absolute Gasteiger partial charge is 0.506 e. The number of nitrogens with one attached hydrogen (secondary N) is 1. The quantitative estimate of drug-likeness (QED) is 0.420. The summed E-state index contributed by atoms with van der Waals surface area (Å²) in [4.78, 5) is 13.0. The van der Waals surface area contributed by atoms with Crippen molar-refractivity contribution in [2.24, 2.45) is 5.10 Å². The Morgan fingerprint density at radius 1 is 1.21 bits per heavy atom. The molecule has 8 heteroatoms. The monoisotopic (exact) mass is 402 g/mol. The van der Waals surface area contributed by atoms with Gasteiger partial charge in [0.05, 0.1) is 16.5 Å². The summed E-state index contributed by atoms with van der Waals surface area (Å²) in [5.74, 6) is -0.429. The van der Waals surface area contributed by atoms with Gasteiger partial charge < -0.3 is 5.11 Å². The molecule has 4 nitrogen and oxygen atoms in total. The zero-order chi connectivity index (χ0) is 17.7. The van der Waals surface area contributed by atoms with Gasteiger partial charge >= 0.3 is 0 Å². The number of aromatic hydroxyl groups is 1. The third kappa shape index (κ3) is 5.31. The highest BCUT2D eigenvalue weighted by molar-refractivity contribution is 8.00. The maximum atomic E-state index is 12.0. The van der Waals surface area contributed by atoms with Crippen LogP contribution in [0.5, 0.6) is 5.75 Å². The number of hydrogen-bond donors (Lipinski definition) is 2. The molecule has 0 aliphatic heterocycles. The Morgan fingerprint density at radius 3 is 2.54 bits per heavy atom. The summed E-state index contributed by atoms with van der Waals surface area (Å²) < 4.78 is 0. The van der Waals surface area contributed by atoms with Crippen molar-refractivity contribution in [2.45, 2.75) is 17.1 Å². The van der Waals surface area contributed by atoms with Crippen molar-refractivity contribution < 1.29 is 9.90 Å². The lowest BCUT2D eigenvalue weighted by atomic mass is 10.2. The first-order chi connectivity index (χ1) is 11.4. The van der Waals surface area contributed by atoms with Crippen LogP contribution in [0.25, 0.3) is 0 Å². The van der Waals surface area contributed by atoms with E-state index < -0.39 is 0 Å². The second-order valence-electron chi connectivity index (χ2n) is 4.77. The smallest absolute Gasteiger partial charge is 0.253 e. The summed E-state index contributed by atoms with van der Waals surface area (Å²) in [5.41, 5.74) is 2.73. The van der Waals surface area contributed by atoms with E-state index in [9.17, 15) is 9.90 Å². The van der Waals surface area contributed by atoms with Gasteiger partial charge in [-0.2, -0.15) is 5.10 Å². The highest BCUT2D eigenvalue weighted by atomic mass is 35.5. The molecular formula is C16H13Cl3N2O2S. The first kappa shape index (κ1) is 18.9. The fourth-order valence-corrected chi connectivity index (χ4v) is 3.21. The summed E-state index contributed by atoms with van der Waals surface area (Å²) >= 11 is 18.9. The van der Waals surface area contributed by atoms with Gasteiger partial charge in [-0.05, 0) is 43.3 Å². The summed E-state index contributed by atoms with van der Waals surface area (Å²) in [6.07, 6.45) is 1.28. The normalized spacial score (nSPS) is 12.3. The lowest BCUT2D eigenvalue weighted by Gasteiger charge is -2.09. The molecule has 1 atom stereocenters. The molecule has 2 N–H and O–H groups in total. The first-order valence-corrected chi connectivity index (χ1v) is 8.81. The Hall–Kier alpha value is -1.40. The number of hydrazone groups is 1. The molecule has 0 spiro atoms. The van der Waals surface area contributed by atoms with Crippen LogP contribution < -0.4 is 5.43 Å². The highest BCUT2D eigenvalue weighted by Crippen LogP contribution is 2.30. The van der Waals surface area contributed by atoms with E-state index in [4.69, 9.17) is 34.8 Å². The number of carbonyl (C=O) groups is 1.